The van der Waals surface area contributed by atoms with Crippen molar-refractivity contribution in [3.05, 3.63) is 53.2 Å². The lowest BCUT2D eigenvalue weighted by Gasteiger charge is -2.17. The van der Waals surface area contributed by atoms with Gasteiger partial charge in [-0.15, -0.1) is 0 Å². The van der Waals surface area contributed by atoms with E-state index in [1.54, 1.807) is 0 Å². The Kier molecular flexibility index (Phi) is 4.48. The maximum Gasteiger partial charge on any atom is 0.137 e. The van der Waals surface area contributed by atoms with Crippen LogP contribution in [0.2, 0.25) is 0 Å². The van der Waals surface area contributed by atoms with E-state index in [0.29, 0.717) is 0 Å². The van der Waals surface area contributed by atoms with Gasteiger partial charge in [0.15, 0.2) is 0 Å². The Morgan fingerprint density at radius 1 is 1.17 bits per heavy atom. The van der Waals surface area contributed by atoms with E-state index in [9.17, 15) is 0 Å². The molecular formula is C18H25N5. The molecule has 3 rings (SSSR count). The molecule has 0 radical (unpaired) electrons. The van der Waals surface area contributed by atoms with Crippen LogP contribution in [0.25, 0.3) is 5.65 Å². The molecule has 0 unspecified atom stereocenters. The Hall–Kier alpha value is -2.14. The third-order valence-corrected chi connectivity index (χ3v) is 4.26. The molecule has 0 N–H and O–H groups in total. The van der Waals surface area contributed by atoms with E-state index in [4.69, 9.17) is 0 Å². The molecule has 0 saturated carbocycles. The van der Waals surface area contributed by atoms with Gasteiger partial charge in [-0.1, -0.05) is 6.07 Å². The van der Waals surface area contributed by atoms with Gasteiger partial charge in [0.25, 0.3) is 0 Å². The minimum absolute atomic E-state index is 0.911. The number of fused-ring (bicyclic) bond motifs is 1. The second-order valence-electron chi connectivity index (χ2n) is 6.31. The molecule has 0 aliphatic carbocycles. The summed E-state index contributed by atoms with van der Waals surface area (Å²) in [4.78, 5) is 6.99. The van der Waals surface area contributed by atoms with Gasteiger partial charge in [-0.05, 0) is 52.4 Å². The number of aryl methyl sites for hydroxylation is 4. The Morgan fingerprint density at radius 2 is 2.00 bits per heavy atom. The maximum absolute atomic E-state index is 4.63. The van der Waals surface area contributed by atoms with Crippen LogP contribution < -0.4 is 0 Å². The van der Waals surface area contributed by atoms with Crippen molar-refractivity contribution in [1.82, 2.24) is 24.1 Å². The molecule has 0 amide bonds. The van der Waals surface area contributed by atoms with Crippen molar-refractivity contribution in [3.8, 4) is 0 Å². The standard InChI is InChI=1S/C18H25N5/c1-14-12-15(2)23(20-14)11-7-9-21(4)13-17-16(3)19-18-8-5-6-10-22(17)18/h5-6,8,10,12H,7,9,11,13H2,1-4H3. The minimum atomic E-state index is 0.911. The average Bonchev–Trinajstić information content (AvgIpc) is 2.99. The Morgan fingerprint density at radius 3 is 2.74 bits per heavy atom. The Labute approximate surface area is 137 Å². The first kappa shape index (κ1) is 15.7. The van der Waals surface area contributed by atoms with E-state index in [0.717, 1.165) is 43.1 Å². The van der Waals surface area contributed by atoms with E-state index in [1.165, 1.54) is 11.4 Å². The van der Waals surface area contributed by atoms with Gasteiger partial charge in [0.05, 0.1) is 17.1 Å². The van der Waals surface area contributed by atoms with Gasteiger partial charge >= 0.3 is 0 Å². The molecule has 23 heavy (non-hydrogen) atoms. The van der Waals surface area contributed by atoms with Crippen LogP contribution in [-0.2, 0) is 13.1 Å². The van der Waals surface area contributed by atoms with Gasteiger partial charge in [0, 0.05) is 31.5 Å². The highest BCUT2D eigenvalue weighted by Gasteiger charge is 2.10. The first-order chi connectivity index (χ1) is 11.0. The molecule has 3 aromatic heterocycles. The van der Waals surface area contributed by atoms with Crippen LogP contribution in [-0.4, -0.2) is 37.7 Å². The molecule has 3 heterocycles. The van der Waals surface area contributed by atoms with Gasteiger partial charge in [-0.3, -0.25) is 4.68 Å². The zero-order valence-electron chi connectivity index (χ0n) is 14.5. The Balaban J connectivity index is 1.59. The van der Waals surface area contributed by atoms with Gasteiger partial charge in [0.1, 0.15) is 5.65 Å². The molecule has 5 nitrogen and oxygen atoms in total. The highest BCUT2D eigenvalue weighted by Crippen LogP contribution is 2.13. The third kappa shape index (κ3) is 3.45. The van der Waals surface area contributed by atoms with E-state index in [1.807, 2.05) is 13.0 Å². The zero-order chi connectivity index (χ0) is 16.4. The summed E-state index contributed by atoms with van der Waals surface area (Å²) < 4.78 is 4.29. The number of rotatable bonds is 6. The molecular weight excluding hydrogens is 286 g/mol. The predicted octanol–water partition coefficient (Wildman–Crippen LogP) is 2.98. The molecule has 0 atom stereocenters. The summed E-state index contributed by atoms with van der Waals surface area (Å²) in [5.74, 6) is 0. The lowest BCUT2D eigenvalue weighted by molar-refractivity contribution is 0.306. The van der Waals surface area contributed by atoms with Crippen LogP contribution in [0.15, 0.2) is 30.5 Å². The van der Waals surface area contributed by atoms with E-state index < -0.39 is 0 Å². The summed E-state index contributed by atoms with van der Waals surface area (Å²) in [6.45, 7) is 9.17. The first-order valence-electron chi connectivity index (χ1n) is 8.17. The number of aromatic nitrogens is 4. The van der Waals surface area contributed by atoms with Gasteiger partial charge in [-0.2, -0.15) is 5.10 Å². The van der Waals surface area contributed by atoms with Crippen LogP contribution in [0, 0.1) is 20.8 Å². The number of imidazole rings is 1. The smallest absolute Gasteiger partial charge is 0.137 e. The van der Waals surface area contributed by atoms with Gasteiger partial charge < -0.3 is 9.30 Å². The van der Waals surface area contributed by atoms with Crippen molar-refractivity contribution in [2.24, 2.45) is 0 Å². The first-order valence-corrected chi connectivity index (χ1v) is 8.17. The third-order valence-electron chi connectivity index (χ3n) is 4.26. The quantitative estimate of drug-likeness (QED) is 0.702. The largest absolute Gasteiger partial charge is 0.302 e. The monoisotopic (exact) mass is 311 g/mol. The summed E-state index contributed by atoms with van der Waals surface area (Å²) in [5, 5.41) is 4.52. The molecule has 0 spiro atoms. The van der Waals surface area contributed by atoms with Gasteiger partial charge in [0.2, 0.25) is 0 Å². The van der Waals surface area contributed by atoms with Crippen molar-refractivity contribution in [2.75, 3.05) is 13.6 Å². The summed E-state index contributed by atoms with van der Waals surface area (Å²) in [5.41, 5.74) is 5.74. The van der Waals surface area contributed by atoms with Crippen LogP contribution >= 0.6 is 0 Å². The lowest BCUT2D eigenvalue weighted by Crippen LogP contribution is -2.22. The van der Waals surface area contributed by atoms with Crippen LogP contribution in [0.4, 0.5) is 0 Å². The van der Waals surface area contributed by atoms with Crippen LogP contribution in [0.1, 0.15) is 29.2 Å². The van der Waals surface area contributed by atoms with Crippen molar-refractivity contribution in [3.63, 3.8) is 0 Å². The van der Waals surface area contributed by atoms with Crippen LogP contribution in [0.3, 0.4) is 0 Å². The second-order valence-corrected chi connectivity index (χ2v) is 6.31. The topological polar surface area (TPSA) is 38.4 Å². The Bertz CT molecular complexity index is 799. The zero-order valence-corrected chi connectivity index (χ0v) is 14.5. The molecule has 0 fully saturated rings. The SMILES string of the molecule is Cc1cc(C)n(CCCN(C)Cc2c(C)nc3ccccn23)n1. The highest BCUT2D eigenvalue weighted by atomic mass is 15.3. The van der Waals surface area contributed by atoms with Crippen molar-refractivity contribution < 1.29 is 0 Å². The molecule has 0 saturated heterocycles. The van der Waals surface area contributed by atoms with Crippen molar-refractivity contribution in [1.29, 1.82) is 0 Å². The number of hydrogen-bond acceptors (Lipinski definition) is 3. The molecule has 5 heteroatoms. The summed E-state index contributed by atoms with van der Waals surface area (Å²) >= 11 is 0. The molecule has 0 bridgehead atoms. The van der Waals surface area contributed by atoms with Gasteiger partial charge in [-0.25, -0.2) is 4.98 Å². The summed E-state index contributed by atoms with van der Waals surface area (Å²) in [6, 6.07) is 8.27. The maximum atomic E-state index is 4.63. The number of nitrogens with zero attached hydrogens (tertiary/aromatic N) is 5. The average molecular weight is 311 g/mol. The fraction of sp³-hybridized carbons (Fsp3) is 0.444. The molecule has 0 aromatic carbocycles. The molecule has 122 valence electrons. The fourth-order valence-corrected chi connectivity index (χ4v) is 3.08. The molecule has 0 aliphatic rings. The van der Waals surface area contributed by atoms with Crippen molar-refractivity contribution >= 4 is 5.65 Å². The normalized spacial score (nSPS) is 11.7. The molecule has 0 aliphatic heterocycles. The highest BCUT2D eigenvalue weighted by molar-refractivity contribution is 5.42. The lowest BCUT2D eigenvalue weighted by atomic mass is 10.3. The molecule has 3 aromatic rings. The minimum Gasteiger partial charge on any atom is -0.302 e. The number of hydrogen-bond donors (Lipinski definition) is 0. The van der Waals surface area contributed by atoms with Crippen molar-refractivity contribution in [2.45, 2.75) is 40.3 Å². The van der Waals surface area contributed by atoms with E-state index >= 15 is 0 Å². The predicted molar refractivity (Wildman–Crippen MR) is 92.6 cm³/mol. The van der Waals surface area contributed by atoms with E-state index in [-0.39, 0.29) is 0 Å². The fourth-order valence-electron chi connectivity index (χ4n) is 3.08. The summed E-state index contributed by atoms with van der Waals surface area (Å²) in [7, 11) is 2.17. The number of pyridine rings is 1. The second kappa shape index (κ2) is 6.54. The van der Waals surface area contributed by atoms with E-state index in [2.05, 4.69) is 69.4 Å². The summed E-state index contributed by atoms with van der Waals surface area (Å²) in [6.07, 6.45) is 3.18. The van der Waals surface area contributed by atoms with Crippen LogP contribution in [0.5, 0.6) is 0 Å².